The zero-order chi connectivity index (χ0) is 13.7. The quantitative estimate of drug-likeness (QED) is 0.595. The molecule has 0 atom stereocenters. The van der Waals surface area contributed by atoms with E-state index in [2.05, 4.69) is 0 Å². The summed E-state index contributed by atoms with van der Waals surface area (Å²) in [5.74, 6) is 1.09. The molecule has 0 aromatic heterocycles. The topological polar surface area (TPSA) is 61.6 Å². The molecule has 98 valence electrons. The van der Waals surface area contributed by atoms with E-state index in [-0.39, 0.29) is 11.8 Å². The molecule has 0 saturated carbocycles. The maximum Gasteiger partial charge on any atom is 0.243 e. The molecule has 1 rings (SSSR count). The monoisotopic (exact) mass is 251 g/mol. The Morgan fingerprint density at radius 2 is 2.11 bits per heavy atom. The standard InChI is InChI=1S/C13H17NO4/c1-9(2)18-12-7-5-6-11(13(12)17-4)8-10(3)14(15)16/h5-9H,1-4H3/b10-8+. The summed E-state index contributed by atoms with van der Waals surface area (Å²) in [4.78, 5) is 10.2. The average Bonchev–Trinajstić information content (AvgIpc) is 2.28. The first-order chi connectivity index (χ1) is 8.45. The molecule has 0 aliphatic carbocycles. The predicted molar refractivity (Wildman–Crippen MR) is 69.4 cm³/mol. The van der Waals surface area contributed by atoms with Crippen LogP contribution in [0.15, 0.2) is 23.9 Å². The number of allylic oxidation sites excluding steroid dienone is 1. The molecular weight excluding hydrogens is 234 g/mol. The number of hydrogen-bond acceptors (Lipinski definition) is 4. The van der Waals surface area contributed by atoms with Crippen molar-refractivity contribution in [3.63, 3.8) is 0 Å². The lowest BCUT2D eigenvalue weighted by molar-refractivity contribution is -0.422. The number of methoxy groups -OCH3 is 1. The van der Waals surface area contributed by atoms with Gasteiger partial charge in [0.05, 0.1) is 18.1 Å². The van der Waals surface area contributed by atoms with Crippen LogP contribution in [0.4, 0.5) is 0 Å². The lowest BCUT2D eigenvalue weighted by Crippen LogP contribution is -2.07. The fourth-order valence-electron chi connectivity index (χ4n) is 1.49. The Balaban J connectivity index is 3.20. The average molecular weight is 251 g/mol. The van der Waals surface area contributed by atoms with Gasteiger partial charge in [0.15, 0.2) is 11.5 Å². The first-order valence-corrected chi connectivity index (χ1v) is 5.62. The number of nitro groups is 1. The van der Waals surface area contributed by atoms with E-state index < -0.39 is 4.92 Å². The zero-order valence-electron chi connectivity index (χ0n) is 11.0. The van der Waals surface area contributed by atoms with E-state index >= 15 is 0 Å². The number of para-hydroxylation sites is 1. The minimum Gasteiger partial charge on any atom is -0.492 e. The molecule has 0 saturated heterocycles. The fourth-order valence-corrected chi connectivity index (χ4v) is 1.49. The van der Waals surface area contributed by atoms with Gasteiger partial charge in [-0.15, -0.1) is 0 Å². The molecule has 1 aromatic carbocycles. The molecule has 5 nitrogen and oxygen atoms in total. The lowest BCUT2D eigenvalue weighted by atomic mass is 10.1. The third kappa shape index (κ3) is 3.48. The molecule has 18 heavy (non-hydrogen) atoms. The molecule has 0 unspecified atom stereocenters. The third-order valence-electron chi connectivity index (χ3n) is 2.23. The molecule has 0 radical (unpaired) electrons. The highest BCUT2D eigenvalue weighted by molar-refractivity contribution is 5.63. The van der Waals surface area contributed by atoms with Gasteiger partial charge in [0.2, 0.25) is 5.70 Å². The van der Waals surface area contributed by atoms with Crippen molar-refractivity contribution in [3.8, 4) is 11.5 Å². The second kappa shape index (κ2) is 6.05. The van der Waals surface area contributed by atoms with Gasteiger partial charge in [0.1, 0.15) is 0 Å². The summed E-state index contributed by atoms with van der Waals surface area (Å²) in [6.07, 6.45) is 1.47. The largest absolute Gasteiger partial charge is 0.492 e. The van der Waals surface area contributed by atoms with Crippen LogP contribution < -0.4 is 9.47 Å². The molecule has 0 aliphatic heterocycles. The van der Waals surface area contributed by atoms with Crippen molar-refractivity contribution in [1.29, 1.82) is 0 Å². The summed E-state index contributed by atoms with van der Waals surface area (Å²) in [5.41, 5.74) is 0.680. The van der Waals surface area contributed by atoms with Crippen LogP contribution in [0.5, 0.6) is 11.5 Å². The van der Waals surface area contributed by atoms with Gasteiger partial charge in [-0.05, 0) is 19.9 Å². The van der Waals surface area contributed by atoms with Crippen LogP contribution >= 0.6 is 0 Å². The molecule has 0 bridgehead atoms. The number of ether oxygens (including phenoxy) is 2. The molecule has 1 aromatic rings. The molecule has 0 amide bonds. The van der Waals surface area contributed by atoms with Crippen molar-refractivity contribution in [3.05, 3.63) is 39.6 Å². The molecule has 5 heteroatoms. The predicted octanol–water partition coefficient (Wildman–Crippen LogP) is 3.12. The third-order valence-corrected chi connectivity index (χ3v) is 2.23. The molecule has 0 heterocycles. The maximum absolute atomic E-state index is 10.6. The van der Waals surface area contributed by atoms with Gasteiger partial charge in [-0.25, -0.2) is 0 Å². The van der Waals surface area contributed by atoms with Crippen LogP contribution in [0.1, 0.15) is 26.3 Å². The number of hydrogen-bond donors (Lipinski definition) is 0. The first-order valence-electron chi connectivity index (χ1n) is 5.62. The van der Waals surface area contributed by atoms with E-state index in [4.69, 9.17) is 9.47 Å². The Hall–Kier alpha value is -2.04. The summed E-state index contributed by atoms with van der Waals surface area (Å²) in [6.45, 7) is 5.25. The SMILES string of the molecule is COc1c(/C=C(\C)[N+](=O)[O-])cccc1OC(C)C. The summed E-state index contributed by atoms with van der Waals surface area (Å²) in [7, 11) is 1.52. The molecule has 0 aliphatic rings. The maximum atomic E-state index is 10.6. The van der Waals surface area contributed by atoms with Gasteiger partial charge in [0, 0.05) is 18.6 Å². The van der Waals surface area contributed by atoms with Gasteiger partial charge in [-0.3, -0.25) is 10.1 Å². The van der Waals surface area contributed by atoms with Gasteiger partial charge >= 0.3 is 0 Å². The van der Waals surface area contributed by atoms with Crippen LogP contribution in [0, 0.1) is 10.1 Å². The van der Waals surface area contributed by atoms with Gasteiger partial charge in [0.25, 0.3) is 0 Å². The smallest absolute Gasteiger partial charge is 0.243 e. The molecular formula is C13H17NO4. The van der Waals surface area contributed by atoms with Crippen LogP contribution in [0.25, 0.3) is 6.08 Å². The molecule has 0 spiro atoms. The van der Waals surface area contributed by atoms with E-state index in [9.17, 15) is 10.1 Å². The first kappa shape index (κ1) is 14.0. The Labute approximate surface area is 106 Å². The van der Waals surface area contributed by atoms with Crippen molar-refractivity contribution in [1.82, 2.24) is 0 Å². The van der Waals surface area contributed by atoms with E-state index in [1.165, 1.54) is 20.1 Å². The lowest BCUT2D eigenvalue weighted by Gasteiger charge is -2.14. The Morgan fingerprint density at radius 3 is 2.61 bits per heavy atom. The van der Waals surface area contributed by atoms with Crippen molar-refractivity contribution in [2.45, 2.75) is 26.9 Å². The highest BCUT2D eigenvalue weighted by Gasteiger charge is 2.12. The second-order valence-corrected chi connectivity index (χ2v) is 4.09. The normalized spacial score (nSPS) is 11.5. The summed E-state index contributed by atoms with van der Waals surface area (Å²) in [5, 5.41) is 10.6. The Kier molecular flexibility index (Phi) is 4.71. The zero-order valence-corrected chi connectivity index (χ0v) is 11.0. The van der Waals surface area contributed by atoms with E-state index in [1.54, 1.807) is 18.2 Å². The summed E-state index contributed by atoms with van der Waals surface area (Å²) in [6, 6.07) is 5.30. The second-order valence-electron chi connectivity index (χ2n) is 4.09. The van der Waals surface area contributed by atoms with Crippen molar-refractivity contribution in [2.24, 2.45) is 0 Å². The van der Waals surface area contributed by atoms with Crippen molar-refractivity contribution in [2.75, 3.05) is 7.11 Å². The van der Waals surface area contributed by atoms with Gasteiger partial charge in [-0.1, -0.05) is 12.1 Å². The van der Waals surface area contributed by atoms with E-state index in [0.717, 1.165) is 0 Å². The highest BCUT2D eigenvalue weighted by atomic mass is 16.6. The Bertz CT molecular complexity index is 466. The minimum atomic E-state index is -0.435. The molecule has 0 N–H and O–H groups in total. The van der Waals surface area contributed by atoms with Crippen LogP contribution in [0.3, 0.4) is 0 Å². The Morgan fingerprint density at radius 1 is 1.44 bits per heavy atom. The van der Waals surface area contributed by atoms with Crippen molar-refractivity contribution < 1.29 is 14.4 Å². The van der Waals surface area contributed by atoms with Gasteiger partial charge < -0.3 is 9.47 Å². The van der Waals surface area contributed by atoms with E-state index in [1.807, 2.05) is 13.8 Å². The number of benzene rings is 1. The summed E-state index contributed by atoms with van der Waals surface area (Å²) < 4.78 is 10.9. The highest BCUT2D eigenvalue weighted by Crippen LogP contribution is 2.33. The summed E-state index contributed by atoms with van der Waals surface area (Å²) >= 11 is 0. The van der Waals surface area contributed by atoms with Crippen molar-refractivity contribution >= 4 is 6.08 Å². The van der Waals surface area contributed by atoms with Crippen LogP contribution in [0.2, 0.25) is 0 Å². The minimum absolute atomic E-state index is 0.00902. The number of nitrogens with zero attached hydrogens (tertiary/aromatic N) is 1. The molecule has 0 fully saturated rings. The fraction of sp³-hybridized carbons (Fsp3) is 0.385. The van der Waals surface area contributed by atoms with Gasteiger partial charge in [-0.2, -0.15) is 0 Å². The van der Waals surface area contributed by atoms with Crippen LogP contribution in [-0.2, 0) is 0 Å². The van der Waals surface area contributed by atoms with Crippen LogP contribution in [-0.4, -0.2) is 18.1 Å². The van der Waals surface area contributed by atoms with E-state index in [0.29, 0.717) is 17.1 Å². The number of rotatable bonds is 5.